The largest absolute Gasteiger partial charge is 0.369 e. The van der Waals surface area contributed by atoms with Crippen molar-refractivity contribution in [2.75, 3.05) is 6.61 Å². The first kappa shape index (κ1) is 15.7. The van der Waals surface area contributed by atoms with Crippen molar-refractivity contribution in [3.05, 3.63) is 29.3 Å². The molecule has 1 aromatic carbocycles. The quantitative estimate of drug-likeness (QED) is 0.890. The third-order valence-corrected chi connectivity index (χ3v) is 4.15. The summed E-state index contributed by atoms with van der Waals surface area (Å²) in [5.41, 5.74) is 1.85. The zero-order chi connectivity index (χ0) is 14.6. The predicted octanol–water partition coefficient (Wildman–Crippen LogP) is 1.53. The number of carbonyl (C=O) groups excluding carboxylic acids is 1. The van der Waals surface area contributed by atoms with Crippen molar-refractivity contribution in [1.82, 2.24) is 4.72 Å². The van der Waals surface area contributed by atoms with Crippen molar-refractivity contribution in [3.63, 3.8) is 0 Å². The summed E-state index contributed by atoms with van der Waals surface area (Å²) in [6, 6.07) is 4.72. The molecule has 5 nitrogen and oxygen atoms in total. The molecule has 106 valence electrons. The van der Waals surface area contributed by atoms with Crippen LogP contribution in [0.25, 0.3) is 0 Å². The Morgan fingerprint density at radius 3 is 2.47 bits per heavy atom. The molecule has 0 saturated heterocycles. The first-order valence-electron chi connectivity index (χ1n) is 6.03. The van der Waals surface area contributed by atoms with Crippen LogP contribution in [0, 0.1) is 13.8 Å². The van der Waals surface area contributed by atoms with E-state index in [4.69, 9.17) is 4.74 Å². The van der Waals surface area contributed by atoms with Gasteiger partial charge in [0.25, 0.3) is 15.9 Å². The highest BCUT2D eigenvalue weighted by molar-refractivity contribution is 7.90. The molecule has 1 amide bonds. The molecule has 0 saturated carbocycles. The first-order valence-corrected chi connectivity index (χ1v) is 7.51. The van der Waals surface area contributed by atoms with Crippen LogP contribution in [0.1, 0.15) is 25.0 Å². The second-order valence-corrected chi connectivity index (χ2v) is 6.00. The van der Waals surface area contributed by atoms with E-state index in [1.54, 1.807) is 13.0 Å². The third-order valence-electron chi connectivity index (χ3n) is 2.81. The number of nitrogens with one attached hydrogen (secondary N) is 1. The van der Waals surface area contributed by atoms with Crippen molar-refractivity contribution >= 4 is 15.9 Å². The first-order chi connectivity index (χ1) is 8.77. The molecule has 0 radical (unpaired) electrons. The van der Waals surface area contributed by atoms with Gasteiger partial charge in [-0.2, -0.15) is 0 Å². The number of hydrogen-bond acceptors (Lipinski definition) is 4. The van der Waals surface area contributed by atoms with Gasteiger partial charge in [0.1, 0.15) is 6.10 Å². The van der Waals surface area contributed by atoms with Crippen LogP contribution in [-0.4, -0.2) is 27.0 Å². The van der Waals surface area contributed by atoms with Gasteiger partial charge in [-0.3, -0.25) is 4.79 Å². The number of hydrogen-bond donors (Lipinski definition) is 1. The van der Waals surface area contributed by atoms with Crippen LogP contribution in [0.15, 0.2) is 23.1 Å². The molecule has 1 aromatic rings. The summed E-state index contributed by atoms with van der Waals surface area (Å²) in [4.78, 5) is 11.7. The van der Waals surface area contributed by atoms with Crippen molar-refractivity contribution in [2.24, 2.45) is 0 Å². The van der Waals surface area contributed by atoms with Crippen LogP contribution in [0.3, 0.4) is 0 Å². The molecule has 0 spiro atoms. The Hall–Kier alpha value is -1.40. The van der Waals surface area contributed by atoms with Crippen molar-refractivity contribution in [3.8, 4) is 0 Å². The average molecular weight is 285 g/mol. The van der Waals surface area contributed by atoms with Gasteiger partial charge in [0, 0.05) is 6.61 Å². The summed E-state index contributed by atoms with van der Waals surface area (Å²) in [5, 5.41) is 0. The van der Waals surface area contributed by atoms with Crippen LogP contribution < -0.4 is 4.72 Å². The third kappa shape index (κ3) is 4.04. The second kappa shape index (κ2) is 6.16. The van der Waals surface area contributed by atoms with Gasteiger partial charge in [-0.1, -0.05) is 6.07 Å². The Morgan fingerprint density at radius 2 is 1.95 bits per heavy atom. The van der Waals surface area contributed by atoms with Gasteiger partial charge in [0.2, 0.25) is 0 Å². The summed E-state index contributed by atoms with van der Waals surface area (Å²) in [5.74, 6) is -0.667. The van der Waals surface area contributed by atoms with Gasteiger partial charge in [-0.15, -0.1) is 0 Å². The van der Waals surface area contributed by atoms with E-state index in [0.29, 0.717) is 6.61 Å². The SMILES string of the molecule is CCOC(C)C(=O)NS(=O)(=O)c1ccc(C)c(C)c1. The van der Waals surface area contributed by atoms with Crippen LogP contribution in [0.5, 0.6) is 0 Å². The lowest BCUT2D eigenvalue weighted by molar-refractivity contribution is -0.129. The highest BCUT2D eigenvalue weighted by Gasteiger charge is 2.22. The average Bonchev–Trinajstić information content (AvgIpc) is 2.32. The molecular formula is C13H19NO4S. The lowest BCUT2D eigenvalue weighted by Gasteiger charge is -2.13. The molecule has 1 rings (SSSR count). The van der Waals surface area contributed by atoms with Gasteiger partial charge in [-0.05, 0) is 51.0 Å². The lowest BCUT2D eigenvalue weighted by atomic mass is 10.1. The summed E-state index contributed by atoms with van der Waals surface area (Å²) < 4.78 is 31.1. The van der Waals surface area contributed by atoms with Crippen molar-refractivity contribution in [1.29, 1.82) is 0 Å². The molecule has 1 atom stereocenters. The molecule has 0 aliphatic carbocycles. The Balaban J connectivity index is 2.92. The van der Waals surface area contributed by atoms with Crippen LogP contribution in [-0.2, 0) is 19.6 Å². The highest BCUT2D eigenvalue weighted by atomic mass is 32.2. The maximum absolute atomic E-state index is 12.0. The number of carbonyl (C=O) groups is 1. The Labute approximate surface area is 114 Å². The minimum absolute atomic E-state index is 0.0765. The standard InChI is InChI=1S/C13H19NO4S/c1-5-18-11(4)13(15)14-19(16,17)12-7-6-9(2)10(3)8-12/h6-8,11H,5H2,1-4H3,(H,14,15). The fourth-order valence-corrected chi connectivity index (χ4v) is 2.61. The van der Waals surface area contributed by atoms with Crippen LogP contribution >= 0.6 is 0 Å². The van der Waals surface area contributed by atoms with E-state index >= 15 is 0 Å². The van der Waals surface area contributed by atoms with Gasteiger partial charge in [0.15, 0.2) is 0 Å². The van der Waals surface area contributed by atoms with Gasteiger partial charge in [0.05, 0.1) is 4.90 Å². The zero-order valence-corrected chi connectivity index (χ0v) is 12.4. The smallest absolute Gasteiger partial charge is 0.264 e. The van der Waals surface area contributed by atoms with Crippen molar-refractivity contribution in [2.45, 2.75) is 38.7 Å². The maximum Gasteiger partial charge on any atom is 0.264 e. The Morgan fingerprint density at radius 1 is 1.32 bits per heavy atom. The fourth-order valence-electron chi connectivity index (χ4n) is 1.48. The van der Waals surface area contributed by atoms with E-state index in [1.165, 1.54) is 19.1 Å². The van der Waals surface area contributed by atoms with Crippen LogP contribution in [0.4, 0.5) is 0 Å². The molecular weight excluding hydrogens is 266 g/mol. The number of aryl methyl sites for hydroxylation is 2. The van der Waals surface area contributed by atoms with E-state index in [-0.39, 0.29) is 4.90 Å². The lowest BCUT2D eigenvalue weighted by Crippen LogP contribution is -2.38. The molecule has 0 aliphatic heterocycles. The van der Waals surface area contributed by atoms with E-state index in [1.807, 2.05) is 18.6 Å². The highest BCUT2D eigenvalue weighted by Crippen LogP contribution is 2.14. The van der Waals surface area contributed by atoms with E-state index in [2.05, 4.69) is 0 Å². The normalized spacial score (nSPS) is 13.1. The topological polar surface area (TPSA) is 72.5 Å². The second-order valence-electron chi connectivity index (χ2n) is 4.31. The summed E-state index contributed by atoms with van der Waals surface area (Å²) in [7, 11) is -3.84. The Bertz CT molecular complexity index is 566. The van der Waals surface area contributed by atoms with Crippen LogP contribution in [0.2, 0.25) is 0 Å². The minimum Gasteiger partial charge on any atom is -0.369 e. The summed E-state index contributed by atoms with van der Waals surface area (Å²) in [6.45, 7) is 7.30. The predicted molar refractivity (Wildman–Crippen MR) is 72.3 cm³/mol. The number of rotatable bonds is 5. The van der Waals surface area contributed by atoms with Gasteiger partial charge in [-0.25, -0.2) is 13.1 Å². The minimum atomic E-state index is -3.84. The molecule has 0 fully saturated rings. The van der Waals surface area contributed by atoms with Gasteiger partial charge < -0.3 is 4.74 Å². The molecule has 0 bridgehead atoms. The molecule has 0 heterocycles. The molecule has 0 aromatic heterocycles. The monoisotopic (exact) mass is 285 g/mol. The number of ether oxygens (including phenoxy) is 1. The molecule has 19 heavy (non-hydrogen) atoms. The molecule has 1 unspecified atom stereocenters. The number of amides is 1. The number of sulfonamides is 1. The van der Waals surface area contributed by atoms with Crippen molar-refractivity contribution < 1.29 is 17.9 Å². The zero-order valence-electron chi connectivity index (χ0n) is 11.6. The summed E-state index contributed by atoms with van der Waals surface area (Å²) in [6.07, 6.45) is -0.800. The van der Waals surface area contributed by atoms with E-state index in [9.17, 15) is 13.2 Å². The Kier molecular flexibility index (Phi) is 5.08. The van der Waals surface area contributed by atoms with E-state index < -0.39 is 22.0 Å². The van der Waals surface area contributed by atoms with E-state index in [0.717, 1.165) is 11.1 Å². The molecule has 1 N–H and O–H groups in total. The molecule has 0 aliphatic rings. The summed E-state index contributed by atoms with van der Waals surface area (Å²) >= 11 is 0. The fraction of sp³-hybridized carbons (Fsp3) is 0.462. The number of benzene rings is 1. The maximum atomic E-state index is 12.0. The van der Waals surface area contributed by atoms with Gasteiger partial charge >= 0.3 is 0 Å². The molecule has 6 heteroatoms.